The summed E-state index contributed by atoms with van der Waals surface area (Å²) in [6.45, 7) is 1.63. The number of rotatable bonds is 6. The molecule has 1 saturated heterocycles. The smallest absolute Gasteiger partial charge is 0.252 e. The summed E-state index contributed by atoms with van der Waals surface area (Å²) in [7, 11) is 1.69. The lowest BCUT2D eigenvalue weighted by molar-refractivity contribution is 0.0853. The molecule has 9 nitrogen and oxygen atoms in total. The van der Waals surface area contributed by atoms with Gasteiger partial charge in [0.15, 0.2) is 0 Å². The molecule has 9 heteroatoms. The van der Waals surface area contributed by atoms with Gasteiger partial charge in [-0.05, 0) is 42.5 Å². The Labute approximate surface area is 168 Å². The lowest BCUT2D eigenvalue weighted by atomic mass is 9.92. The number of ether oxygens (including phenoxy) is 1. The van der Waals surface area contributed by atoms with Crippen LogP contribution in [0.2, 0.25) is 0 Å². The van der Waals surface area contributed by atoms with Crippen molar-refractivity contribution in [3.63, 3.8) is 0 Å². The predicted molar refractivity (Wildman–Crippen MR) is 110 cm³/mol. The second kappa shape index (κ2) is 8.27. The van der Waals surface area contributed by atoms with Crippen LogP contribution in [0.15, 0.2) is 36.5 Å². The van der Waals surface area contributed by atoms with Crippen molar-refractivity contribution in [1.82, 2.24) is 20.4 Å². The van der Waals surface area contributed by atoms with E-state index in [-0.39, 0.29) is 5.56 Å². The van der Waals surface area contributed by atoms with Crippen LogP contribution < -0.4 is 16.4 Å². The molecule has 0 saturated carbocycles. The maximum absolute atomic E-state index is 11.8. The third-order valence-corrected chi connectivity index (χ3v) is 5.08. The Morgan fingerprint density at radius 1 is 1.21 bits per heavy atom. The quantitative estimate of drug-likeness (QED) is 0.506. The lowest BCUT2D eigenvalue weighted by Gasteiger charge is -2.22. The van der Waals surface area contributed by atoms with Crippen molar-refractivity contribution in [1.29, 1.82) is 0 Å². The third kappa shape index (κ3) is 4.04. The van der Waals surface area contributed by atoms with Gasteiger partial charge in [-0.1, -0.05) is 17.3 Å². The van der Waals surface area contributed by atoms with Crippen LogP contribution >= 0.6 is 0 Å². The second-order valence-electron chi connectivity index (χ2n) is 6.89. The molecule has 1 fully saturated rings. The van der Waals surface area contributed by atoms with Crippen molar-refractivity contribution in [3.05, 3.63) is 47.7 Å². The van der Waals surface area contributed by atoms with E-state index in [1.807, 2.05) is 12.1 Å². The van der Waals surface area contributed by atoms with Gasteiger partial charge in [0.2, 0.25) is 0 Å². The molecule has 0 unspecified atom stereocenters. The van der Waals surface area contributed by atoms with Gasteiger partial charge in [0.1, 0.15) is 17.3 Å². The number of hydrogen-bond acceptors (Lipinski definition) is 7. The molecule has 150 valence electrons. The summed E-state index contributed by atoms with van der Waals surface area (Å²) in [6, 6.07) is 9.98. The van der Waals surface area contributed by atoms with Gasteiger partial charge in [-0.15, -0.1) is 5.10 Å². The number of aromatic amines is 1. The van der Waals surface area contributed by atoms with E-state index in [4.69, 9.17) is 10.5 Å². The van der Waals surface area contributed by atoms with Crippen LogP contribution in [0, 0.1) is 0 Å². The highest BCUT2D eigenvalue weighted by molar-refractivity contribution is 6.00. The zero-order valence-electron chi connectivity index (χ0n) is 16.1. The first-order valence-electron chi connectivity index (χ1n) is 9.50. The van der Waals surface area contributed by atoms with Crippen LogP contribution in [0.1, 0.15) is 34.7 Å². The van der Waals surface area contributed by atoms with E-state index >= 15 is 0 Å². The standard InChI is InChI=1S/C20H23N7O2/c1-22-19-16(18(21)28)10-15(17-11-23-27-26-17)20(25-19)24-14-4-2-12(3-5-14)13-6-8-29-9-7-13/h2-5,10-11,13H,6-9H2,1H3,(H2,21,28)(H2,22,24,25)(H,23,26,27). The van der Waals surface area contributed by atoms with Gasteiger partial charge in [-0.2, -0.15) is 0 Å². The lowest BCUT2D eigenvalue weighted by Crippen LogP contribution is -2.15. The maximum atomic E-state index is 11.8. The van der Waals surface area contributed by atoms with Gasteiger partial charge in [0, 0.05) is 31.5 Å². The molecule has 1 aliphatic heterocycles. The summed E-state index contributed by atoms with van der Waals surface area (Å²) in [4.78, 5) is 16.4. The van der Waals surface area contributed by atoms with Crippen molar-refractivity contribution in [3.8, 4) is 11.3 Å². The van der Waals surface area contributed by atoms with Crippen LogP contribution in [-0.2, 0) is 4.74 Å². The molecule has 1 aliphatic rings. The van der Waals surface area contributed by atoms with Crippen LogP contribution in [0.5, 0.6) is 0 Å². The van der Waals surface area contributed by atoms with E-state index in [0.717, 1.165) is 31.7 Å². The zero-order valence-corrected chi connectivity index (χ0v) is 16.1. The Bertz CT molecular complexity index is 981. The van der Waals surface area contributed by atoms with Crippen molar-refractivity contribution >= 4 is 23.2 Å². The fourth-order valence-electron chi connectivity index (χ4n) is 3.52. The first-order chi connectivity index (χ1) is 14.2. The molecule has 3 heterocycles. The summed E-state index contributed by atoms with van der Waals surface area (Å²) in [5, 5.41) is 16.7. The number of hydrogen-bond donors (Lipinski definition) is 4. The summed E-state index contributed by atoms with van der Waals surface area (Å²) >= 11 is 0. The van der Waals surface area contributed by atoms with Gasteiger partial charge >= 0.3 is 0 Å². The van der Waals surface area contributed by atoms with Crippen molar-refractivity contribution in [2.75, 3.05) is 30.9 Å². The minimum absolute atomic E-state index is 0.283. The van der Waals surface area contributed by atoms with Gasteiger partial charge < -0.3 is 21.1 Å². The molecule has 0 atom stereocenters. The zero-order chi connectivity index (χ0) is 20.2. The number of nitrogens with two attached hydrogens (primary N) is 1. The summed E-state index contributed by atoms with van der Waals surface area (Å²) in [5.74, 6) is 0.907. The highest BCUT2D eigenvalue weighted by Crippen LogP contribution is 2.32. The predicted octanol–water partition coefficient (Wildman–Crippen LogP) is 2.64. The average molecular weight is 393 g/mol. The first kappa shape index (κ1) is 18.9. The molecule has 0 radical (unpaired) electrons. The van der Waals surface area contributed by atoms with E-state index < -0.39 is 5.91 Å². The van der Waals surface area contributed by atoms with Crippen LogP contribution in [0.25, 0.3) is 11.3 Å². The Kier molecular flexibility index (Phi) is 5.39. The Morgan fingerprint density at radius 2 is 1.97 bits per heavy atom. The Balaban J connectivity index is 1.66. The number of anilines is 3. The molecule has 2 aromatic heterocycles. The summed E-state index contributed by atoms with van der Waals surface area (Å²) < 4.78 is 5.45. The van der Waals surface area contributed by atoms with E-state index in [0.29, 0.717) is 28.8 Å². The molecule has 0 aliphatic carbocycles. The van der Waals surface area contributed by atoms with Gasteiger partial charge in [0.05, 0.1) is 11.8 Å². The number of nitrogens with one attached hydrogen (secondary N) is 3. The molecular weight excluding hydrogens is 370 g/mol. The Morgan fingerprint density at radius 3 is 2.59 bits per heavy atom. The fourth-order valence-corrected chi connectivity index (χ4v) is 3.52. The summed E-state index contributed by atoms with van der Waals surface area (Å²) in [6.07, 6.45) is 3.73. The van der Waals surface area contributed by atoms with E-state index in [9.17, 15) is 4.79 Å². The topological polar surface area (TPSA) is 131 Å². The third-order valence-electron chi connectivity index (χ3n) is 5.08. The molecule has 4 rings (SSSR count). The van der Waals surface area contributed by atoms with Gasteiger partial charge in [-0.25, -0.2) is 4.98 Å². The molecule has 0 bridgehead atoms. The van der Waals surface area contributed by atoms with E-state index in [1.165, 1.54) is 5.56 Å². The number of pyridine rings is 1. The van der Waals surface area contributed by atoms with Crippen LogP contribution in [0.4, 0.5) is 17.3 Å². The Hall–Kier alpha value is -3.46. The minimum atomic E-state index is -0.570. The number of benzene rings is 1. The fraction of sp³-hybridized carbons (Fsp3) is 0.300. The maximum Gasteiger partial charge on any atom is 0.252 e. The second-order valence-corrected chi connectivity index (χ2v) is 6.89. The highest BCUT2D eigenvalue weighted by atomic mass is 16.5. The molecule has 5 N–H and O–H groups in total. The first-order valence-corrected chi connectivity index (χ1v) is 9.50. The number of aromatic nitrogens is 4. The van der Waals surface area contributed by atoms with Crippen LogP contribution in [-0.4, -0.2) is 46.6 Å². The molecule has 3 aromatic rings. The van der Waals surface area contributed by atoms with E-state index in [1.54, 1.807) is 19.3 Å². The van der Waals surface area contributed by atoms with E-state index in [2.05, 4.69) is 43.2 Å². The van der Waals surface area contributed by atoms with Crippen molar-refractivity contribution < 1.29 is 9.53 Å². The minimum Gasteiger partial charge on any atom is -0.381 e. The number of carbonyl (C=O) groups is 1. The SMILES string of the molecule is CNc1nc(Nc2ccc(C3CCOCC3)cc2)c(-c2c[nH]nn2)cc1C(N)=O. The molecular formula is C20H23N7O2. The highest BCUT2D eigenvalue weighted by Gasteiger charge is 2.19. The molecule has 1 aromatic carbocycles. The van der Waals surface area contributed by atoms with Crippen LogP contribution in [0.3, 0.4) is 0 Å². The summed E-state index contributed by atoms with van der Waals surface area (Å²) in [5.41, 5.74) is 9.17. The largest absolute Gasteiger partial charge is 0.381 e. The van der Waals surface area contributed by atoms with Gasteiger partial charge in [0.25, 0.3) is 5.91 Å². The molecule has 0 spiro atoms. The number of carbonyl (C=O) groups excluding carboxylic acids is 1. The number of nitrogens with zero attached hydrogens (tertiary/aromatic N) is 3. The number of amides is 1. The molecule has 1 amide bonds. The molecule has 29 heavy (non-hydrogen) atoms. The normalized spacial score (nSPS) is 14.5. The number of H-pyrrole nitrogens is 1. The van der Waals surface area contributed by atoms with Gasteiger partial charge in [-0.3, -0.25) is 9.89 Å². The number of primary amides is 1. The van der Waals surface area contributed by atoms with Crippen molar-refractivity contribution in [2.45, 2.75) is 18.8 Å². The average Bonchev–Trinajstić information content (AvgIpc) is 3.29. The van der Waals surface area contributed by atoms with Crippen molar-refractivity contribution in [2.24, 2.45) is 5.73 Å². The monoisotopic (exact) mass is 393 g/mol.